The lowest BCUT2D eigenvalue weighted by molar-refractivity contribution is 0.124. The van der Waals surface area contributed by atoms with Crippen LogP contribution in [0.25, 0.3) is 12.2 Å². The van der Waals surface area contributed by atoms with Gasteiger partial charge in [-0.25, -0.2) is 0 Å². The smallest absolute Gasteiger partial charge is 0.236 e. The minimum atomic E-state index is 0.635. The van der Waals surface area contributed by atoms with Crippen molar-refractivity contribution in [2.75, 3.05) is 13.2 Å². The average molecular weight is 242 g/mol. The Balaban J connectivity index is 2.67. The van der Waals surface area contributed by atoms with Gasteiger partial charge < -0.3 is 8.85 Å². The van der Waals surface area contributed by atoms with Gasteiger partial charge in [0, 0.05) is 13.8 Å². The first-order valence-electron chi connectivity index (χ1n) is 6.04. The number of allylic oxidation sites excluding steroid dienone is 2. The Morgan fingerprint density at radius 3 is 1.89 bits per heavy atom. The SMILES string of the molecule is CC[O+]=[C-]/C=C/c1cccc(/C=C/[C-]=[O+]CC)c1. The fourth-order valence-electron chi connectivity index (χ4n) is 1.29. The van der Waals surface area contributed by atoms with Crippen molar-refractivity contribution in [2.45, 2.75) is 13.8 Å². The van der Waals surface area contributed by atoms with E-state index in [4.69, 9.17) is 8.85 Å². The molecule has 0 amide bonds. The third-order valence-corrected chi connectivity index (χ3v) is 2.05. The van der Waals surface area contributed by atoms with Crippen LogP contribution >= 0.6 is 0 Å². The molecular formula is C16H18O2. The lowest BCUT2D eigenvalue weighted by Gasteiger charge is -2.02. The Bertz CT molecular complexity index is 415. The van der Waals surface area contributed by atoms with Crippen molar-refractivity contribution < 1.29 is 8.85 Å². The normalized spacial score (nSPS) is 12.6. The number of hydrogen-bond donors (Lipinski definition) is 0. The average Bonchev–Trinajstić information content (AvgIpc) is 2.40. The van der Waals surface area contributed by atoms with E-state index in [1.807, 2.05) is 44.2 Å². The Morgan fingerprint density at radius 2 is 1.44 bits per heavy atom. The molecule has 18 heavy (non-hydrogen) atoms. The van der Waals surface area contributed by atoms with Crippen LogP contribution in [0.3, 0.4) is 0 Å². The fraction of sp³-hybridized carbons (Fsp3) is 0.250. The Kier molecular flexibility index (Phi) is 7.14. The molecule has 0 aromatic heterocycles. The predicted molar refractivity (Wildman–Crippen MR) is 77.0 cm³/mol. The van der Waals surface area contributed by atoms with Crippen molar-refractivity contribution in [1.29, 1.82) is 0 Å². The van der Waals surface area contributed by atoms with Crippen LogP contribution in [-0.4, -0.2) is 25.8 Å². The molecule has 0 saturated carbocycles. The van der Waals surface area contributed by atoms with Gasteiger partial charge in [0.15, 0.2) is 0 Å². The monoisotopic (exact) mass is 242 g/mol. The van der Waals surface area contributed by atoms with Crippen molar-refractivity contribution in [3.8, 4) is 0 Å². The highest BCUT2D eigenvalue weighted by atomic mass is 16.4. The first-order valence-corrected chi connectivity index (χ1v) is 6.04. The van der Waals surface area contributed by atoms with E-state index < -0.39 is 0 Å². The highest BCUT2D eigenvalue weighted by Gasteiger charge is 1.82. The summed E-state index contributed by atoms with van der Waals surface area (Å²) in [7, 11) is 0. The summed E-state index contributed by atoms with van der Waals surface area (Å²) >= 11 is 0. The van der Waals surface area contributed by atoms with Crippen molar-refractivity contribution in [2.24, 2.45) is 0 Å². The summed E-state index contributed by atoms with van der Waals surface area (Å²) in [5.74, 6) is 0. The zero-order chi connectivity index (χ0) is 13.1. The molecule has 1 rings (SSSR count). The highest BCUT2D eigenvalue weighted by Crippen LogP contribution is 2.08. The second kappa shape index (κ2) is 9.11. The number of rotatable bonds is 6. The van der Waals surface area contributed by atoms with Crippen LogP contribution in [0.15, 0.2) is 36.4 Å². The third-order valence-electron chi connectivity index (χ3n) is 2.05. The van der Waals surface area contributed by atoms with Crippen LogP contribution in [0.1, 0.15) is 25.0 Å². The topological polar surface area (TPSA) is 22.6 Å². The summed E-state index contributed by atoms with van der Waals surface area (Å²) in [4.78, 5) is 0. The van der Waals surface area contributed by atoms with E-state index in [0.717, 1.165) is 11.1 Å². The highest BCUT2D eigenvalue weighted by molar-refractivity contribution is 5.77. The largest absolute Gasteiger partial charge is 0.353 e. The molecule has 0 unspecified atom stereocenters. The first-order chi connectivity index (χ1) is 8.86. The molecule has 0 N–H and O–H groups in total. The fourth-order valence-corrected chi connectivity index (χ4v) is 1.29. The molecule has 0 bridgehead atoms. The quantitative estimate of drug-likeness (QED) is 0.416. The van der Waals surface area contributed by atoms with Gasteiger partial charge in [-0.15, -0.1) is 23.3 Å². The molecule has 2 nitrogen and oxygen atoms in total. The Labute approximate surface area is 109 Å². The van der Waals surface area contributed by atoms with Crippen molar-refractivity contribution >= 4 is 24.7 Å². The van der Waals surface area contributed by atoms with Gasteiger partial charge in [0.2, 0.25) is 25.8 Å². The van der Waals surface area contributed by atoms with E-state index in [1.165, 1.54) is 0 Å². The van der Waals surface area contributed by atoms with Gasteiger partial charge >= 0.3 is 0 Å². The van der Waals surface area contributed by atoms with Crippen LogP contribution < -0.4 is 0 Å². The summed E-state index contributed by atoms with van der Waals surface area (Å²) in [6.45, 7) is 5.13. The van der Waals surface area contributed by atoms with Crippen molar-refractivity contribution in [1.82, 2.24) is 0 Å². The van der Waals surface area contributed by atoms with E-state index >= 15 is 0 Å². The maximum atomic E-state index is 5.00. The van der Waals surface area contributed by atoms with Gasteiger partial charge in [-0.05, 0) is 0 Å². The van der Waals surface area contributed by atoms with Crippen molar-refractivity contribution in [3.05, 3.63) is 47.5 Å². The summed E-state index contributed by atoms with van der Waals surface area (Å²) < 4.78 is 10.00. The second-order valence-corrected chi connectivity index (χ2v) is 3.44. The second-order valence-electron chi connectivity index (χ2n) is 3.44. The van der Waals surface area contributed by atoms with E-state index in [1.54, 1.807) is 12.2 Å². The summed E-state index contributed by atoms with van der Waals surface area (Å²) in [5, 5.41) is 0. The van der Waals surface area contributed by atoms with E-state index in [2.05, 4.69) is 18.6 Å². The molecule has 0 aliphatic heterocycles. The maximum Gasteiger partial charge on any atom is 0.236 e. The Morgan fingerprint density at radius 1 is 0.944 bits per heavy atom. The number of carbonyl (C=O) groups excluding carboxylic acids is 2. The molecule has 1 aromatic carbocycles. The van der Waals surface area contributed by atoms with Gasteiger partial charge in [-0.3, -0.25) is 0 Å². The van der Waals surface area contributed by atoms with Gasteiger partial charge in [0.1, 0.15) is 0 Å². The van der Waals surface area contributed by atoms with Crippen LogP contribution in [0.2, 0.25) is 0 Å². The van der Waals surface area contributed by atoms with Crippen LogP contribution in [0.4, 0.5) is 0 Å². The zero-order valence-electron chi connectivity index (χ0n) is 10.8. The van der Waals surface area contributed by atoms with Crippen LogP contribution in [0, 0.1) is 0 Å². The number of benzene rings is 1. The molecule has 0 fully saturated rings. The van der Waals surface area contributed by atoms with Crippen LogP contribution in [0.5, 0.6) is 0 Å². The Hall–Kier alpha value is -1.96. The van der Waals surface area contributed by atoms with Gasteiger partial charge in [0.25, 0.3) is 0 Å². The minimum absolute atomic E-state index is 0.635. The van der Waals surface area contributed by atoms with Gasteiger partial charge in [-0.1, -0.05) is 24.3 Å². The maximum absolute atomic E-state index is 5.00. The molecule has 0 heterocycles. The first kappa shape index (κ1) is 14.1. The number of hydrogen-bond acceptors (Lipinski definition) is 0. The zero-order valence-corrected chi connectivity index (χ0v) is 10.8. The molecule has 2 heteroatoms. The molecular weight excluding hydrogens is 224 g/mol. The molecule has 0 radical (unpaired) electrons. The van der Waals surface area contributed by atoms with Crippen molar-refractivity contribution in [3.63, 3.8) is 0 Å². The predicted octanol–water partition coefficient (Wildman–Crippen LogP) is 3.04. The molecule has 0 spiro atoms. The summed E-state index contributed by atoms with van der Waals surface area (Å²) in [5.41, 5.74) is 2.20. The molecule has 0 aliphatic rings. The molecule has 94 valence electrons. The standard InChI is InChI=1S/C16H18O2/c1-3-17-12-6-10-15-8-5-9-16(14-15)11-7-13-18-4-2/h5-11,14H,3-4H2,1-2H3/b10-6+,11-7+. The summed E-state index contributed by atoms with van der Waals surface area (Å²) in [6, 6.07) is 8.11. The summed E-state index contributed by atoms with van der Waals surface area (Å²) in [6.07, 6.45) is 12.9. The molecule has 1 aromatic rings. The van der Waals surface area contributed by atoms with E-state index in [9.17, 15) is 0 Å². The van der Waals surface area contributed by atoms with Crippen LogP contribution in [-0.2, 0) is 8.85 Å². The lowest BCUT2D eigenvalue weighted by atomic mass is 10.1. The van der Waals surface area contributed by atoms with E-state index in [-0.39, 0.29) is 0 Å². The molecule has 0 atom stereocenters. The minimum Gasteiger partial charge on any atom is -0.353 e. The van der Waals surface area contributed by atoms with Gasteiger partial charge in [-0.2, -0.15) is 12.2 Å². The van der Waals surface area contributed by atoms with Gasteiger partial charge in [0.05, 0.1) is 0 Å². The lowest BCUT2D eigenvalue weighted by Crippen LogP contribution is -1.79. The third kappa shape index (κ3) is 5.94. The molecule has 0 aliphatic carbocycles. The molecule has 0 saturated heterocycles. The van der Waals surface area contributed by atoms with E-state index in [0.29, 0.717) is 13.2 Å².